The van der Waals surface area contributed by atoms with Gasteiger partial charge in [-0.15, -0.1) is 0 Å². The van der Waals surface area contributed by atoms with Crippen LogP contribution < -0.4 is 0 Å². The molecule has 2 rings (SSSR count). The quantitative estimate of drug-likeness (QED) is 0.544. The molecule has 2 aromatic carbocycles. The van der Waals surface area contributed by atoms with E-state index < -0.39 is 5.97 Å². The average Bonchev–Trinajstić information content (AvgIpc) is 2.53. The Morgan fingerprint density at radius 2 is 1.46 bits per heavy atom. The van der Waals surface area contributed by atoms with E-state index in [9.17, 15) is 4.39 Å². The van der Waals surface area contributed by atoms with Crippen molar-refractivity contribution in [2.24, 2.45) is 0 Å². The van der Waals surface area contributed by atoms with Crippen molar-refractivity contribution in [1.29, 1.82) is 0 Å². The molecule has 5 heteroatoms. The van der Waals surface area contributed by atoms with Crippen LogP contribution in [0.5, 0.6) is 0 Å². The summed E-state index contributed by atoms with van der Waals surface area (Å²) >= 11 is 0. The third-order valence-corrected chi connectivity index (χ3v) is 3.58. The molecule has 0 aliphatic carbocycles. The Morgan fingerprint density at radius 3 is 1.92 bits per heavy atom. The maximum atomic E-state index is 13.4. The molecule has 0 amide bonds. The van der Waals surface area contributed by atoms with Gasteiger partial charge in [-0.25, -0.2) is 4.39 Å². The summed E-state index contributed by atoms with van der Waals surface area (Å²) < 4.78 is 30.6. The first-order valence-corrected chi connectivity index (χ1v) is 8.34. The van der Waals surface area contributed by atoms with Crippen LogP contribution in [0, 0.1) is 5.82 Å². The molecule has 0 saturated carbocycles. The minimum Gasteiger partial charge on any atom is -0.367 e. The van der Waals surface area contributed by atoms with Gasteiger partial charge in [-0.1, -0.05) is 36.4 Å². The largest absolute Gasteiger partial charge is 0.367 e. The second-order valence-corrected chi connectivity index (χ2v) is 6.28. The zero-order valence-electron chi connectivity index (χ0n) is 14.4. The van der Waals surface area contributed by atoms with Gasteiger partial charge in [0, 0.05) is 5.56 Å². The summed E-state index contributed by atoms with van der Waals surface area (Å²) in [5, 5.41) is 0. The molecule has 0 aliphatic rings. The van der Waals surface area contributed by atoms with Crippen molar-refractivity contribution < 1.29 is 18.3 Å². The topological polar surface area (TPSA) is 27.7 Å². The molecular formula is C19H22FO3Si. The van der Waals surface area contributed by atoms with Crippen LogP contribution in [-0.4, -0.2) is 22.7 Å². The normalized spacial score (nSPS) is 12.2. The third kappa shape index (κ3) is 4.51. The Bertz CT molecular complexity index is 646. The van der Waals surface area contributed by atoms with Gasteiger partial charge in [-0.3, -0.25) is 0 Å². The van der Waals surface area contributed by atoms with Gasteiger partial charge in [0.05, 0.1) is 12.2 Å². The van der Waals surface area contributed by atoms with Crippen LogP contribution in [-0.2, 0) is 19.9 Å². The van der Waals surface area contributed by atoms with E-state index in [0.29, 0.717) is 5.56 Å². The molecule has 0 aromatic heterocycles. The summed E-state index contributed by atoms with van der Waals surface area (Å²) in [6.07, 6.45) is -0.217. The van der Waals surface area contributed by atoms with Gasteiger partial charge >= 0.3 is 5.97 Å². The molecule has 0 heterocycles. The highest BCUT2D eigenvalue weighted by Crippen LogP contribution is 2.32. The molecule has 0 N–H and O–H groups in total. The molecule has 127 valence electrons. The molecule has 3 nitrogen and oxygen atoms in total. The highest BCUT2D eigenvalue weighted by molar-refractivity contribution is 5.98. The van der Waals surface area contributed by atoms with Crippen molar-refractivity contribution in [2.75, 3.05) is 0 Å². The maximum absolute atomic E-state index is 13.4. The van der Waals surface area contributed by atoms with Gasteiger partial charge in [-0.2, -0.15) is 0 Å². The van der Waals surface area contributed by atoms with Crippen molar-refractivity contribution in [1.82, 2.24) is 0 Å². The molecular weight excluding hydrogens is 323 g/mol. The molecule has 0 atom stereocenters. The van der Waals surface area contributed by atoms with Crippen molar-refractivity contribution in [3.63, 3.8) is 0 Å². The molecule has 3 radical (unpaired) electrons. The van der Waals surface area contributed by atoms with Gasteiger partial charge in [0.25, 0.3) is 10.5 Å². The minimum atomic E-state index is -1.35. The summed E-state index contributed by atoms with van der Waals surface area (Å²) in [6, 6.07) is 14.0. The number of rotatable bonds is 7. The number of hydrogen-bond acceptors (Lipinski definition) is 3. The minimum absolute atomic E-state index is 0.108. The lowest BCUT2D eigenvalue weighted by molar-refractivity contribution is -0.378. The van der Waals surface area contributed by atoms with E-state index in [0.717, 1.165) is 11.1 Å². The van der Waals surface area contributed by atoms with E-state index >= 15 is 0 Å². The van der Waals surface area contributed by atoms with E-state index in [2.05, 4.69) is 10.5 Å². The van der Waals surface area contributed by atoms with Gasteiger partial charge in [-0.05, 0) is 51.0 Å². The lowest BCUT2D eigenvalue weighted by atomic mass is 10.0. The Kier molecular flexibility index (Phi) is 6.29. The summed E-state index contributed by atoms with van der Waals surface area (Å²) in [4.78, 5) is 0. The highest BCUT2D eigenvalue weighted by Gasteiger charge is 2.36. The third-order valence-electron chi connectivity index (χ3n) is 3.31. The number of halogens is 1. The zero-order valence-corrected chi connectivity index (χ0v) is 15.4. The van der Waals surface area contributed by atoms with Crippen LogP contribution in [0.1, 0.15) is 33.3 Å². The molecule has 0 spiro atoms. The number of ether oxygens (including phenoxy) is 2. The summed E-state index contributed by atoms with van der Waals surface area (Å²) in [6.45, 7) is 7.63. The zero-order chi connectivity index (χ0) is 17.7. The van der Waals surface area contributed by atoms with Gasteiger partial charge in [0.15, 0.2) is 0 Å². The van der Waals surface area contributed by atoms with Gasteiger partial charge in [0.2, 0.25) is 0 Å². The van der Waals surface area contributed by atoms with Crippen LogP contribution in [0.4, 0.5) is 4.39 Å². The summed E-state index contributed by atoms with van der Waals surface area (Å²) in [5.41, 5.74) is 2.41. The molecule has 0 saturated heterocycles. The Labute approximate surface area is 146 Å². The maximum Gasteiger partial charge on any atom is 0.302 e. The van der Waals surface area contributed by atoms with Crippen molar-refractivity contribution in [3.8, 4) is 11.1 Å². The molecule has 24 heavy (non-hydrogen) atoms. The second-order valence-electron chi connectivity index (χ2n) is 6.08. The van der Waals surface area contributed by atoms with Crippen LogP contribution in [0.15, 0.2) is 48.5 Å². The second kappa shape index (κ2) is 8.03. The first-order chi connectivity index (χ1) is 11.4. The van der Waals surface area contributed by atoms with Crippen LogP contribution in [0.2, 0.25) is 0 Å². The number of hydrogen-bond donors (Lipinski definition) is 0. The Morgan fingerprint density at radius 1 is 0.875 bits per heavy atom. The highest BCUT2D eigenvalue weighted by atomic mass is 28.2. The van der Waals surface area contributed by atoms with Gasteiger partial charge < -0.3 is 13.9 Å². The number of benzene rings is 2. The van der Waals surface area contributed by atoms with E-state index in [1.54, 1.807) is 6.07 Å². The summed E-state index contributed by atoms with van der Waals surface area (Å²) in [7, 11) is 3.09. The molecule has 0 unspecified atom stereocenters. The standard InChI is InChI=1S/C19H22FO3Si/c1-13(2)21-19(23-24,22-14(3)4)17-10-8-15(9-11-17)16-6-5-7-18(20)12-16/h5-14H,1-4H3. The van der Waals surface area contributed by atoms with Crippen LogP contribution >= 0.6 is 0 Å². The van der Waals surface area contributed by atoms with E-state index in [4.69, 9.17) is 13.9 Å². The predicted molar refractivity (Wildman–Crippen MR) is 92.8 cm³/mol. The van der Waals surface area contributed by atoms with Crippen molar-refractivity contribution in [3.05, 3.63) is 59.9 Å². The van der Waals surface area contributed by atoms with E-state index in [1.165, 1.54) is 12.1 Å². The summed E-state index contributed by atoms with van der Waals surface area (Å²) in [5.74, 6) is -1.61. The SMILES string of the molecule is CC(C)OC(O[Si])(OC(C)C)c1ccc(-c2cccc(F)c2)cc1. The fraction of sp³-hybridized carbons (Fsp3) is 0.368. The Balaban J connectivity index is 2.37. The molecule has 0 bridgehead atoms. The van der Waals surface area contributed by atoms with Gasteiger partial charge in [0.1, 0.15) is 5.82 Å². The lowest BCUT2D eigenvalue weighted by Gasteiger charge is -2.35. The monoisotopic (exact) mass is 345 g/mol. The average molecular weight is 345 g/mol. The lowest BCUT2D eigenvalue weighted by Crippen LogP contribution is -2.40. The van der Waals surface area contributed by atoms with Crippen LogP contribution in [0.25, 0.3) is 11.1 Å². The molecule has 0 fully saturated rings. The van der Waals surface area contributed by atoms with Crippen molar-refractivity contribution >= 4 is 10.5 Å². The molecule has 0 aliphatic heterocycles. The Hall–Kier alpha value is -1.53. The van der Waals surface area contributed by atoms with Crippen molar-refractivity contribution in [2.45, 2.75) is 45.9 Å². The first kappa shape index (κ1) is 18.8. The molecule has 2 aromatic rings. The fourth-order valence-electron chi connectivity index (χ4n) is 2.43. The first-order valence-electron chi connectivity index (χ1n) is 7.93. The van der Waals surface area contributed by atoms with E-state index in [1.807, 2.05) is 58.0 Å². The predicted octanol–water partition coefficient (Wildman–Crippen LogP) is 4.55. The van der Waals surface area contributed by atoms with E-state index in [-0.39, 0.29) is 18.0 Å². The fourth-order valence-corrected chi connectivity index (χ4v) is 2.64. The smallest absolute Gasteiger partial charge is 0.302 e. The van der Waals surface area contributed by atoms with Crippen LogP contribution in [0.3, 0.4) is 0 Å².